The Morgan fingerprint density at radius 1 is 0.607 bits per heavy atom. The lowest BCUT2D eigenvalue weighted by Crippen LogP contribution is -2.12. The normalized spacial score (nSPS) is 13.1. The van der Waals surface area contributed by atoms with Crippen LogP contribution in [0.2, 0.25) is 0 Å². The molecular weight excluding hydrogens is 344 g/mol. The van der Waals surface area contributed by atoms with Crippen molar-refractivity contribution in [2.24, 2.45) is 0 Å². The topological polar surface area (TPSA) is 26.3 Å². The molecule has 0 aromatic carbocycles. The van der Waals surface area contributed by atoms with Gasteiger partial charge in [-0.2, -0.15) is 0 Å². The summed E-state index contributed by atoms with van der Waals surface area (Å²) in [5.41, 5.74) is 0. The van der Waals surface area contributed by atoms with E-state index < -0.39 is 0 Å². The monoisotopic (exact) mass is 390 g/mol. The lowest BCUT2D eigenvalue weighted by Gasteiger charge is -2.14. The third-order valence-electron chi connectivity index (χ3n) is 5.04. The van der Waals surface area contributed by atoms with E-state index in [1.807, 2.05) is 0 Å². The van der Waals surface area contributed by atoms with Gasteiger partial charge in [0, 0.05) is 0 Å². The maximum Gasteiger partial charge on any atom is 0.293 e. The van der Waals surface area contributed by atoms with E-state index in [0.29, 0.717) is 6.47 Å². The van der Waals surface area contributed by atoms with Gasteiger partial charge in [0.05, 0.1) is 0 Å². The number of allylic oxidation sites excluding steroid dienone is 6. The highest BCUT2D eigenvalue weighted by Gasteiger charge is 2.08. The third-order valence-corrected chi connectivity index (χ3v) is 5.04. The van der Waals surface area contributed by atoms with Gasteiger partial charge in [0.2, 0.25) is 0 Å². The molecule has 0 saturated carbocycles. The van der Waals surface area contributed by atoms with Gasteiger partial charge in [0.25, 0.3) is 6.47 Å². The number of carbonyl (C=O) groups is 1. The summed E-state index contributed by atoms with van der Waals surface area (Å²) in [6.07, 6.45) is 32.9. The molecule has 2 heteroatoms. The Kier molecular flexibility index (Phi) is 22.6. The smallest absolute Gasteiger partial charge is 0.293 e. The maximum absolute atomic E-state index is 10.6. The Labute approximate surface area is 175 Å². The fraction of sp³-hybridized carbons (Fsp3) is 0.731. The molecule has 0 aliphatic carbocycles. The zero-order chi connectivity index (χ0) is 20.5. The first-order valence-electron chi connectivity index (χ1n) is 11.9. The fourth-order valence-corrected chi connectivity index (χ4v) is 3.26. The van der Waals surface area contributed by atoms with Gasteiger partial charge >= 0.3 is 0 Å². The molecule has 0 fully saturated rings. The molecule has 0 amide bonds. The largest absolute Gasteiger partial charge is 0.465 e. The summed E-state index contributed by atoms with van der Waals surface area (Å²) in [4.78, 5) is 10.6. The van der Waals surface area contributed by atoms with Gasteiger partial charge in [-0.05, 0) is 64.2 Å². The van der Waals surface area contributed by atoms with Crippen LogP contribution in [-0.2, 0) is 9.53 Å². The van der Waals surface area contributed by atoms with Crippen molar-refractivity contribution in [1.82, 2.24) is 0 Å². The van der Waals surface area contributed by atoms with E-state index in [1.54, 1.807) is 0 Å². The molecule has 0 aromatic rings. The molecule has 0 aliphatic rings. The van der Waals surface area contributed by atoms with Crippen LogP contribution in [-0.4, -0.2) is 12.6 Å². The molecule has 1 atom stereocenters. The predicted molar refractivity (Wildman–Crippen MR) is 124 cm³/mol. The summed E-state index contributed by atoms with van der Waals surface area (Å²) in [5.74, 6) is 0. The van der Waals surface area contributed by atoms with Gasteiger partial charge in [0.1, 0.15) is 6.10 Å². The van der Waals surface area contributed by atoms with Crippen LogP contribution in [0.15, 0.2) is 36.5 Å². The molecule has 2 nitrogen and oxygen atoms in total. The Morgan fingerprint density at radius 3 is 1.61 bits per heavy atom. The van der Waals surface area contributed by atoms with Crippen LogP contribution in [0.25, 0.3) is 0 Å². The van der Waals surface area contributed by atoms with Gasteiger partial charge in [-0.15, -0.1) is 0 Å². The number of unbranched alkanes of at least 4 members (excludes halogenated alkanes) is 9. The molecule has 0 bridgehead atoms. The molecule has 0 aromatic heterocycles. The third kappa shape index (κ3) is 21.0. The lowest BCUT2D eigenvalue weighted by molar-refractivity contribution is -0.134. The second-order valence-electron chi connectivity index (χ2n) is 7.72. The van der Waals surface area contributed by atoms with Crippen LogP contribution >= 0.6 is 0 Å². The first-order chi connectivity index (χ1) is 13.8. The average molecular weight is 391 g/mol. The van der Waals surface area contributed by atoms with Gasteiger partial charge < -0.3 is 4.74 Å². The Balaban J connectivity index is 3.54. The van der Waals surface area contributed by atoms with Gasteiger partial charge in [-0.25, -0.2) is 0 Å². The Bertz CT molecular complexity index is 395. The molecular formula is C26H46O2. The van der Waals surface area contributed by atoms with Crippen LogP contribution in [0, 0.1) is 0 Å². The minimum Gasteiger partial charge on any atom is -0.465 e. The zero-order valence-electron chi connectivity index (χ0n) is 18.7. The Morgan fingerprint density at radius 2 is 1.07 bits per heavy atom. The molecule has 0 spiro atoms. The summed E-state index contributed by atoms with van der Waals surface area (Å²) in [6.45, 7) is 5.09. The first-order valence-corrected chi connectivity index (χ1v) is 11.9. The predicted octanol–water partition coefficient (Wildman–Crippen LogP) is 8.48. The minimum absolute atomic E-state index is 0.135. The SMILES string of the molecule is CCCCCC=CCC=CCC=CCCCCCC(CCCCCC)OC=O. The van der Waals surface area contributed by atoms with Crippen molar-refractivity contribution in [3.8, 4) is 0 Å². The second-order valence-corrected chi connectivity index (χ2v) is 7.72. The molecule has 1 unspecified atom stereocenters. The van der Waals surface area contributed by atoms with Gasteiger partial charge in [0.15, 0.2) is 0 Å². The standard InChI is InChI=1S/C26H46O2/c1-3-5-7-9-10-11-12-13-14-15-16-17-18-19-20-22-24-26(28-25-27)23-21-8-6-4-2/h10-11,13-14,16-17,25-26H,3-9,12,15,18-24H2,1-2H3. The van der Waals surface area contributed by atoms with E-state index in [-0.39, 0.29) is 6.10 Å². The Hall–Kier alpha value is -1.31. The summed E-state index contributed by atoms with van der Waals surface area (Å²) >= 11 is 0. The van der Waals surface area contributed by atoms with Gasteiger partial charge in [-0.3, -0.25) is 4.79 Å². The number of rotatable bonds is 21. The summed E-state index contributed by atoms with van der Waals surface area (Å²) < 4.78 is 5.24. The number of carbonyl (C=O) groups excluding carboxylic acids is 1. The van der Waals surface area contributed by atoms with Crippen molar-refractivity contribution < 1.29 is 9.53 Å². The van der Waals surface area contributed by atoms with E-state index >= 15 is 0 Å². The maximum atomic E-state index is 10.6. The number of ether oxygens (including phenoxy) is 1. The summed E-state index contributed by atoms with van der Waals surface area (Å²) in [7, 11) is 0. The van der Waals surface area contributed by atoms with Crippen LogP contribution in [0.4, 0.5) is 0 Å². The molecule has 0 rings (SSSR count). The van der Waals surface area contributed by atoms with E-state index in [4.69, 9.17) is 4.74 Å². The van der Waals surface area contributed by atoms with Crippen molar-refractivity contribution in [2.75, 3.05) is 0 Å². The number of hydrogen-bond donors (Lipinski definition) is 0. The van der Waals surface area contributed by atoms with Crippen LogP contribution < -0.4 is 0 Å². The molecule has 0 heterocycles. The highest BCUT2D eigenvalue weighted by molar-refractivity contribution is 5.37. The van der Waals surface area contributed by atoms with Crippen LogP contribution in [0.5, 0.6) is 0 Å². The lowest BCUT2D eigenvalue weighted by atomic mass is 10.0. The molecule has 0 saturated heterocycles. The van der Waals surface area contributed by atoms with E-state index in [9.17, 15) is 4.79 Å². The summed E-state index contributed by atoms with van der Waals surface area (Å²) in [5, 5.41) is 0. The van der Waals surface area contributed by atoms with Gasteiger partial charge in [-0.1, -0.05) is 88.8 Å². The average Bonchev–Trinajstić information content (AvgIpc) is 2.70. The minimum atomic E-state index is 0.135. The molecule has 28 heavy (non-hydrogen) atoms. The van der Waals surface area contributed by atoms with E-state index in [1.165, 1.54) is 64.2 Å². The summed E-state index contributed by atoms with van der Waals surface area (Å²) in [6, 6.07) is 0. The van der Waals surface area contributed by atoms with Crippen molar-refractivity contribution in [1.29, 1.82) is 0 Å². The highest BCUT2D eigenvalue weighted by Crippen LogP contribution is 2.15. The molecule has 0 aliphatic heterocycles. The zero-order valence-corrected chi connectivity index (χ0v) is 18.7. The number of hydrogen-bond acceptors (Lipinski definition) is 2. The van der Waals surface area contributed by atoms with Crippen molar-refractivity contribution in [2.45, 2.75) is 123 Å². The van der Waals surface area contributed by atoms with Crippen LogP contribution in [0.1, 0.15) is 117 Å². The van der Waals surface area contributed by atoms with Crippen molar-refractivity contribution in [3.05, 3.63) is 36.5 Å². The van der Waals surface area contributed by atoms with Crippen molar-refractivity contribution >= 4 is 6.47 Å². The fourth-order valence-electron chi connectivity index (χ4n) is 3.26. The first kappa shape index (κ1) is 26.7. The van der Waals surface area contributed by atoms with E-state index in [0.717, 1.165) is 38.5 Å². The second kappa shape index (κ2) is 23.7. The van der Waals surface area contributed by atoms with Crippen LogP contribution in [0.3, 0.4) is 0 Å². The van der Waals surface area contributed by atoms with Crippen molar-refractivity contribution in [3.63, 3.8) is 0 Å². The molecule has 0 N–H and O–H groups in total. The molecule has 162 valence electrons. The molecule has 0 radical (unpaired) electrons. The quantitative estimate of drug-likeness (QED) is 0.112. The van der Waals surface area contributed by atoms with E-state index in [2.05, 4.69) is 50.3 Å². The highest BCUT2D eigenvalue weighted by atomic mass is 16.5.